The molecule has 0 spiro atoms. The van der Waals surface area contributed by atoms with Crippen LogP contribution in [0.1, 0.15) is 23.6 Å². The Morgan fingerprint density at radius 3 is 2.31 bits per heavy atom. The zero-order valence-electron chi connectivity index (χ0n) is 21.9. The van der Waals surface area contributed by atoms with E-state index in [1.165, 1.54) is 24.0 Å². The van der Waals surface area contributed by atoms with Crippen LogP contribution in [0.5, 0.6) is 5.75 Å². The SMILES string of the molecule is CC(=O)NC(Cc1ccc(O)cc1)C(=O)N(C)C(Cc1ccccc1)C(=O)NC=Cc1c[nH]c2ccccc12. The molecule has 0 radical (unpaired) electrons. The number of amides is 3. The second-order valence-electron chi connectivity index (χ2n) is 9.41. The Labute approximate surface area is 227 Å². The summed E-state index contributed by atoms with van der Waals surface area (Å²) in [5.74, 6) is -0.989. The van der Waals surface area contributed by atoms with Crippen molar-refractivity contribution in [1.82, 2.24) is 20.5 Å². The molecule has 0 aliphatic rings. The lowest BCUT2D eigenvalue weighted by molar-refractivity contribution is -0.141. The predicted octanol–water partition coefficient (Wildman–Crippen LogP) is 3.78. The average molecular weight is 525 g/mol. The first-order chi connectivity index (χ1) is 18.8. The summed E-state index contributed by atoms with van der Waals surface area (Å²) in [6.45, 7) is 1.35. The molecule has 4 rings (SSSR count). The lowest BCUT2D eigenvalue weighted by Crippen LogP contribution is -2.55. The van der Waals surface area contributed by atoms with Crippen LogP contribution in [0.25, 0.3) is 17.0 Å². The lowest BCUT2D eigenvalue weighted by atomic mass is 10.0. The van der Waals surface area contributed by atoms with Crippen molar-refractivity contribution < 1.29 is 19.5 Å². The molecule has 0 saturated carbocycles. The summed E-state index contributed by atoms with van der Waals surface area (Å²) in [5.41, 5.74) is 3.58. The van der Waals surface area contributed by atoms with E-state index in [4.69, 9.17) is 0 Å². The molecule has 0 fully saturated rings. The molecule has 3 amide bonds. The van der Waals surface area contributed by atoms with E-state index in [1.54, 1.807) is 25.4 Å². The molecular formula is C31H32N4O4. The molecule has 2 atom stereocenters. The van der Waals surface area contributed by atoms with Crippen molar-refractivity contribution in [3.63, 3.8) is 0 Å². The minimum atomic E-state index is -0.884. The van der Waals surface area contributed by atoms with E-state index in [0.717, 1.165) is 27.6 Å². The molecule has 200 valence electrons. The van der Waals surface area contributed by atoms with Crippen molar-refractivity contribution in [2.45, 2.75) is 31.8 Å². The van der Waals surface area contributed by atoms with Gasteiger partial charge in [-0.1, -0.05) is 60.7 Å². The number of aromatic hydroxyl groups is 1. The number of phenols is 1. The van der Waals surface area contributed by atoms with Crippen LogP contribution in [0.15, 0.2) is 91.3 Å². The summed E-state index contributed by atoms with van der Waals surface area (Å²) in [5, 5.41) is 16.2. The number of rotatable bonds is 10. The van der Waals surface area contributed by atoms with E-state index in [9.17, 15) is 19.5 Å². The topological polar surface area (TPSA) is 115 Å². The van der Waals surface area contributed by atoms with Gasteiger partial charge in [0.25, 0.3) is 0 Å². The number of benzene rings is 3. The molecule has 4 N–H and O–H groups in total. The fraction of sp³-hybridized carbons (Fsp3) is 0.194. The van der Waals surface area contributed by atoms with Gasteiger partial charge in [0, 0.05) is 55.7 Å². The van der Waals surface area contributed by atoms with Gasteiger partial charge >= 0.3 is 0 Å². The molecule has 8 nitrogen and oxygen atoms in total. The van der Waals surface area contributed by atoms with Gasteiger partial charge in [0.05, 0.1) is 0 Å². The molecule has 1 heterocycles. The molecule has 0 bridgehead atoms. The first-order valence-corrected chi connectivity index (χ1v) is 12.7. The normalized spacial score (nSPS) is 12.7. The number of aromatic amines is 1. The quantitative estimate of drug-likeness (QED) is 0.253. The van der Waals surface area contributed by atoms with E-state index in [1.807, 2.05) is 66.9 Å². The van der Waals surface area contributed by atoms with Crippen LogP contribution in [0, 0.1) is 0 Å². The summed E-state index contributed by atoms with van der Waals surface area (Å²) < 4.78 is 0. The number of para-hydroxylation sites is 1. The van der Waals surface area contributed by atoms with Crippen molar-refractivity contribution in [1.29, 1.82) is 0 Å². The van der Waals surface area contributed by atoms with E-state index in [2.05, 4.69) is 15.6 Å². The van der Waals surface area contributed by atoms with Crippen LogP contribution in [0.4, 0.5) is 0 Å². The number of hydrogen-bond donors (Lipinski definition) is 4. The molecular weight excluding hydrogens is 492 g/mol. The van der Waals surface area contributed by atoms with E-state index in [-0.39, 0.29) is 24.0 Å². The second-order valence-corrected chi connectivity index (χ2v) is 9.41. The molecule has 0 saturated heterocycles. The van der Waals surface area contributed by atoms with Crippen molar-refractivity contribution in [3.05, 3.63) is 108 Å². The minimum absolute atomic E-state index is 0.110. The van der Waals surface area contributed by atoms with Gasteiger partial charge in [-0.3, -0.25) is 14.4 Å². The maximum absolute atomic E-state index is 13.7. The third-order valence-corrected chi connectivity index (χ3v) is 6.55. The summed E-state index contributed by atoms with van der Waals surface area (Å²) in [7, 11) is 1.57. The number of fused-ring (bicyclic) bond motifs is 1. The molecule has 1 aromatic heterocycles. The highest BCUT2D eigenvalue weighted by Gasteiger charge is 2.32. The zero-order valence-corrected chi connectivity index (χ0v) is 21.9. The fourth-order valence-electron chi connectivity index (χ4n) is 4.50. The van der Waals surface area contributed by atoms with Crippen molar-refractivity contribution in [2.75, 3.05) is 7.05 Å². The number of phenolic OH excluding ortho intramolecular Hbond substituents is 1. The number of nitrogens with one attached hydrogen (secondary N) is 3. The Kier molecular flexibility index (Phi) is 8.78. The molecule has 2 unspecified atom stereocenters. The van der Waals surface area contributed by atoms with Crippen molar-refractivity contribution >= 4 is 34.7 Å². The highest BCUT2D eigenvalue weighted by molar-refractivity contribution is 5.93. The number of carbonyl (C=O) groups is 3. The van der Waals surface area contributed by atoms with Crippen LogP contribution < -0.4 is 10.6 Å². The van der Waals surface area contributed by atoms with Gasteiger partial charge < -0.3 is 25.6 Å². The number of carbonyl (C=O) groups excluding carboxylic acids is 3. The first-order valence-electron chi connectivity index (χ1n) is 12.7. The Morgan fingerprint density at radius 2 is 1.59 bits per heavy atom. The number of aromatic nitrogens is 1. The predicted molar refractivity (Wildman–Crippen MR) is 152 cm³/mol. The zero-order chi connectivity index (χ0) is 27.8. The fourth-order valence-corrected chi connectivity index (χ4v) is 4.50. The standard InChI is InChI=1S/C31H32N4O4/c1-21(36)34-28(18-23-12-14-25(37)15-13-23)31(39)35(2)29(19-22-8-4-3-5-9-22)30(38)32-17-16-24-20-33-27-11-7-6-10-26(24)27/h3-17,20,28-29,33,37H,18-19H2,1-2H3,(H,32,38)(H,34,36). The smallest absolute Gasteiger partial charge is 0.247 e. The molecule has 4 aromatic rings. The molecule has 8 heteroatoms. The highest BCUT2D eigenvalue weighted by Crippen LogP contribution is 2.19. The third-order valence-electron chi connectivity index (χ3n) is 6.55. The number of likely N-dealkylation sites (N-methyl/N-ethyl adjacent to an activating group) is 1. The van der Waals surface area contributed by atoms with Gasteiger partial charge in [0.15, 0.2) is 0 Å². The summed E-state index contributed by atoms with van der Waals surface area (Å²) in [6, 6.07) is 22.1. The first kappa shape index (κ1) is 27.2. The van der Waals surface area contributed by atoms with Gasteiger partial charge in [-0.15, -0.1) is 0 Å². The molecule has 3 aromatic carbocycles. The molecule has 0 aliphatic carbocycles. The van der Waals surface area contributed by atoms with Crippen LogP contribution in [0.3, 0.4) is 0 Å². The number of H-pyrrole nitrogens is 1. The van der Waals surface area contributed by atoms with Gasteiger partial charge in [0.1, 0.15) is 17.8 Å². The van der Waals surface area contributed by atoms with Gasteiger partial charge in [-0.05, 0) is 35.4 Å². The van der Waals surface area contributed by atoms with Crippen LogP contribution >= 0.6 is 0 Å². The average Bonchev–Trinajstić information content (AvgIpc) is 3.35. The maximum Gasteiger partial charge on any atom is 0.247 e. The van der Waals surface area contributed by atoms with Gasteiger partial charge in [0.2, 0.25) is 17.7 Å². The van der Waals surface area contributed by atoms with Gasteiger partial charge in [-0.25, -0.2) is 0 Å². The third kappa shape index (κ3) is 7.13. The van der Waals surface area contributed by atoms with Gasteiger partial charge in [-0.2, -0.15) is 0 Å². The molecule has 0 aliphatic heterocycles. The van der Waals surface area contributed by atoms with Crippen LogP contribution in [-0.4, -0.2) is 51.8 Å². The van der Waals surface area contributed by atoms with Crippen LogP contribution in [0.2, 0.25) is 0 Å². The highest BCUT2D eigenvalue weighted by atomic mass is 16.3. The summed E-state index contributed by atoms with van der Waals surface area (Å²) in [6.07, 6.45) is 5.76. The Hall–Kier alpha value is -4.85. The largest absolute Gasteiger partial charge is 0.508 e. The number of nitrogens with zero attached hydrogens (tertiary/aromatic N) is 1. The van der Waals surface area contributed by atoms with Crippen molar-refractivity contribution in [2.24, 2.45) is 0 Å². The monoisotopic (exact) mass is 524 g/mol. The van der Waals surface area contributed by atoms with Crippen LogP contribution in [-0.2, 0) is 27.2 Å². The Balaban J connectivity index is 1.54. The Bertz CT molecular complexity index is 1460. The van der Waals surface area contributed by atoms with E-state index >= 15 is 0 Å². The summed E-state index contributed by atoms with van der Waals surface area (Å²) >= 11 is 0. The number of hydrogen-bond acceptors (Lipinski definition) is 4. The van der Waals surface area contributed by atoms with Crippen molar-refractivity contribution in [3.8, 4) is 5.75 Å². The lowest BCUT2D eigenvalue weighted by Gasteiger charge is -2.30. The summed E-state index contributed by atoms with van der Waals surface area (Å²) in [4.78, 5) is 43.6. The maximum atomic E-state index is 13.7. The molecule has 39 heavy (non-hydrogen) atoms. The van der Waals surface area contributed by atoms with E-state index in [0.29, 0.717) is 6.42 Å². The second kappa shape index (κ2) is 12.6. The Morgan fingerprint density at radius 1 is 0.923 bits per heavy atom. The minimum Gasteiger partial charge on any atom is -0.508 e. The van der Waals surface area contributed by atoms with E-state index < -0.39 is 18.0 Å².